The first kappa shape index (κ1) is 13.3. The van der Waals surface area contributed by atoms with Crippen LogP contribution in [0.5, 0.6) is 0 Å². The molecule has 1 atom stereocenters. The van der Waals surface area contributed by atoms with Crippen LogP contribution in [0.25, 0.3) is 0 Å². The first-order chi connectivity index (χ1) is 8.97. The van der Waals surface area contributed by atoms with Crippen molar-refractivity contribution in [3.05, 3.63) is 23.6 Å². The molecule has 1 aromatic rings. The van der Waals surface area contributed by atoms with Crippen molar-refractivity contribution in [1.29, 1.82) is 0 Å². The minimum absolute atomic E-state index is 0.0135. The van der Waals surface area contributed by atoms with Crippen molar-refractivity contribution < 1.29 is 14.0 Å². The van der Waals surface area contributed by atoms with Gasteiger partial charge in [0.2, 0.25) is 5.91 Å². The van der Waals surface area contributed by atoms with E-state index in [4.69, 9.17) is 5.73 Å². The van der Waals surface area contributed by atoms with Gasteiger partial charge < -0.3 is 16.0 Å². The third kappa shape index (κ3) is 2.98. The minimum atomic E-state index is -0.615. The lowest BCUT2D eigenvalue weighted by molar-refractivity contribution is -0.132. The minimum Gasteiger partial charge on any atom is -0.383 e. The molecule has 1 fully saturated rings. The number of likely N-dealkylation sites (tertiary alicyclic amines) is 1. The predicted molar refractivity (Wildman–Crippen MR) is 66.7 cm³/mol. The van der Waals surface area contributed by atoms with Crippen LogP contribution in [0.2, 0.25) is 0 Å². The Morgan fingerprint density at radius 1 is 1.63 bits per heavy atom. The normalized spacial score (nSPS) is 19.4. The van der Waals surface area contributed by atoms with Gasteiger partial charge in [-0.05, 0) is 12.5 Å². The molecule has 6 nitrogen and oxygen atoms in total. The number of hydrogen-bond donors (Lipinski definition) is 2. The number of anilines is 1. The number of likely N-dealkylation sites (N-methyl/N-ethyl adjacent to an activating group) is 1. The number of pyridine rings is 1. The zero-order chi connectivity index (χ0) is 14.0. The molecule has 1 aliphatic heterocycles. The van der Waals surface area contributed by atoms with Crippen LogP contribution in [0.1, 0.15) is 23.2 Å². The number of amides is 2. The molecule has 0 saturated carbocycles. The largest absolute Gasteiger partial charge is 0.383 e. The molecule has 7 heteroatoms. The van der Waals surface area contributed by atoms with Gasteiger partial charge in [0.1, 0.15) is 11.6 Å². The average molecular weight is 266 g/mol. The highest BCUT2D eigenvalue weighted by atomic mass is 19.1. The fourth-order valence-electron chi connectivity index (χ4n) is 2.02. The molecule has 0 bridgehead atoms. The maximum Gasteiger partial charge on any atom is 0.255 e. The number of aromatic nitrogens is 1. The van der Waals surface area contributed by atoms with Crippen molar-refractivity contribution in [2.45, 2.75) is 18.9 Å². The Morgan fingerprint density at radius 3 is 3.05 bits per heavy atom. The van der Waals surface area contributed by atoms with Gasteiger partial charge in [0.05, 0.1) is 11.8 Å². The Labute approximate surface area is 109 Å². The summed E-state index contributed by atoms with van der Waals surface area (Å²) in [5, 5.41) is 2.73. The van der Waals surface area contributed by atoms with Gasteiger partial charge in [0.15, 0.2) is 0 Å². The molecule has 3 N–H and O–H groups in total. The molecule has 1 aromatic heterocycles. The van der Waals surface area contributed by atoms with E-state index in [0.717, 1.165) is 12.3 Å². The third-order valence-corrected chi connectivity index (χ3v) is 3.09. The summed E-state index contributed by atoms with van der Waals surface area (Å²) in [5.41, 5.74) is 5.56. The lowest BCUT2D eigenvalue weighted by Crippen LogP contribution is -2.48. The summed E-state index contributed by atoms with van der Waals surface area (Å²) >= 11 is 0. The number of rotatable bonds is 2. The number of nitrogens with two attached hydrogens (primary N) is 1. The number of halogens is 1. The molecule has 19 heavy (non-hydrogen) atoms. The van der Waals surface area contributed by atoms with Crippen LogP contribution in [0.3, 0.4) is 0 Å². The maximum atomic E-state index is 13.0. The lowest BCUT2D eigenvalue weighted by atomic mass is 10.1. The van der Waals surface area contributed by atoms with Crippen LogP contribution < -0.4 is 11.1 Å². The second kappa shape index (κ2) is 5.21. The van der Waals surface area contributed by atoms with E-state index in [1.807, 2.05) is 0 Å². The van der Waals surface area contributed by atoms with Crippen LogP contribution in [0, 0.1) is 5.82 Å². The maximum absolute atomic E-state index is 13.0. The zero-order valence-electron chi connectivity index (χ0n) is 10.5. The highest BCUT2D eigenvalue weighted by Crippen LogP contribution is 2.13. The number of nitrogens with one attached hydrogen (secondary N) is 1. The van der Waals surface area contributed by atoms with Crippen LogP contribution in [-0.2, 0) is 4.79 Å². The molecule has 2 heterocycles. The molecule has 102 valence electrons. The fourth-order valence-corrected chi connectivity index (χ4v) is 2.02. The summed E-state index contributed by atoms with van der Waals surface area (Å²) in [6.07, 6.45) is 1.91. The molecule has 0 aliphatic carbocycles. The molecule has 0 aromatic carbocycles. The molecule has 1 aliphatic rings. The fraction of sp³-hybridized carbons (Fsp3) is 0.417. The topological polar surface area (TPSA) is 88.3 Å². The molecule has 1 unspecified atom stereocenters. The second-order valence-electron chi connectivity index (χ2n) is 4.57. The number of carbonyl (C=O) groups excluding carboxylic acids is 2. The lowest BCUT2D eigenvalue weighted by Gasteiger charge is -2.30. The van der Waals surface area contributed by atoms with E-state index in [9.17, 15) is 14.0 Å². The van der Waals surface area contributed by atoms with Gasteiger partial charge in [0, 0.05) is 26.1 Å². The molecule has 1 saturated heterocycles. The van der Waals surface area contributed by atoms with Gasteiger partial charge in [-0.3, -0.25) is 9.59 Å². The average Bonchev–Trinajstić information content (AvgIpc) is 2.36. The van der Waals surface area contributed by atoms with Crippen LogP contribution >= 0.6 is 0 Å². The summed E-state index contributed by atoms with van der Waals surface area (Å²) in [6.45, 7) is 0.438. The molecule has 0 spiro atoms. The highest BCUT2D eigenvalue weighted by Gasteiger charge is 2.25. The van der Waals surface area contributed by atoms with Crippen LogP contribution in [0.4, 0.5) is 10.2 Å². The number of carbonyl (C=O) groups is 2. The summed E-state index contributed by atoms with van der Waals surface area (Å²) in [7, 11) is 1.68. The number of nitrogens with zero attached hydrogens (tertiary/aromatic N) is 2. The molecule has 0 radical (unpaired) electrons. The Bertz CT molecular complexity index is 520. The summed E-state index contributed by atoms with van der Waals surface area (Å²) in [6, 6.07) is 0.896. The third-order valence-electron chi connectivity index (χ3n) is 3.09. The van der Waals surface area contributed by atoms with E-state index >= 15 is 0 Å². The summed E-state index contributed by atoms with van der Waals surface area (Å²) < 4.78 is 13.0. The molecule has 2 amide bonds. The van der Waals surface area contributed by atoms with E-state index in [0.29, 0.717) is 19.4 Å². The Morgan fingerprint density at radius 2 is 2.37 bits per heavy atom. The number of nitrogen functional groups attached to an aromatic ring is 1. The zero-order valence-corrected chi connectivity index (χ0v) is 10.5. The van der Waals surface area contributed by atoms with Crippen LogP contribution in [0.15, 0.2) is 12.3 Å². The smallest absolute Gasteiger partial charge is 0.255 e. The van der Waals surface area contributed by atoms with Crippen molar-refractivity contribution in [2.75, 3.05) is 19.3 Å². The van der Waals surface area contributed by atoms with Crippen molar-refractivity contribution in [3.63, 3.8) is 0 Å². The van der Waals surface area contributed by atoms with Crippen molar-refractivity contribution in [2.24, 2.45) is 0 Å². The van der Waals surface area contributed by atoms with Gasteiger partial charge in [-0.2, -0.15) is 0 Å². The van der Waals surface area contributed by atoms with Gasteiger partial charge >= 0.3 is 0 Å². The molecular weight excluding hydrogens is 251 g/mol. The second-order valence-corrected chi connectivity index (χ2v) is 4.57. The van der Waals surface area contributed by atoms with Gasteiger partial charge in [0.25, 0.3) is 5.91 Å². The van der Waals surface area contributed by atoms with Crippen molar-refractivity contribution in [3.8, 4) is 0 Å². The van der Waals surface area contributed by atoms with Crippen molar-refractivity contribution in [1.82, 2.24) is 15.2 Å². The van der Waals surface area contributed by atoms with Gasteiger partial charge in [-0.25, -0.2) is 9.37 Å². The van der Waals surface area contributed by atoms with E-state index < -0.39 is 11.7 Å². The van der Waals surface area contributed by atoms with Crippen molar-refractivity contribution >= 4 is 17.6 Å². The first-order valence-electron chi connectivity index (χ1n) is 5.93. The Balaban J connectivity index is 2.05. The molecule has 2 rings (SSSR count). The predicted octanol–water partition coefficient (Wildman–Crippen LogP) is 0.154. The molecular formula is C12H15FN4O2. The summed E-state index contributed by atoms with van der Waals surface area (Å²) in [4.78, 5) is 28.5. The monoisotopic (exact) mass is 266 g/mol. The van der Waals surface area contributed by atoms with E-state index in [1.165, 1.54) is 0 Å². The Kier molecular flexibility index (Phi) is 3.64. The SMILES string of the molecule is CN1CC(NC(=O)c2cc(F)cnc2N)CCC1=O. The van der Waals surface area contributed by atoms with E-state index in [1.54, 1.807) is 11.9 Å². The number of hydrogen-bond acceptors (Lipinski definition) is 4. The van der Waals surface area contributed by atoms with Gasteiger partial charge in [-0.15, -0.1) is 0 Å². The first-order valence-corrected chi connectivity index (χ1v) is 5.93. The van der Waals surface area contributed by atoms with E-state index in [-0.39, 0.29) is 23.3 Å². The Hall–Kier alpha value is -2.18. The van der Waals surface area contributed by atoms with Gasteiger partial charge in [-0.1, -0.05) is 0 Å². The van der Waals surface area contributed by atoms with E-state index in [2.05, 4.69) is 10.3 Å². The number of piperidine rings is 1. The highest BCUT2D eigenvalue weighted by molar-refractivity contribution is 5.98. The van der Waals surface area contributed by atoms with Crippen LogP contribution in [-0.4, -0.2) is 41.3 Å². The summed E-state index contributed by atoms with van der Waals surface area (Å²) in [5.74, 6) is -1.05. The standard InChI is InChI=1S/C12H15FN4O2/c1-17-6-8(2-3-10(17)18)16-12(19)9-4-7(13)5-15-11(9)14/h4-5,8H,2-3,6H2,1H3,(H2,14,15)(H,16,19). The quantitative estimate of drug-likeness (QED) is 0.797.